The van der Waals surface area contributed by atoms with Crippen molar-refractivity contribution in [3.8, 4) is 11.3 Å². The van der Waals surface area contributed by atoms with Crippen LogP contribution < -0.4 is 0 Å². The number of hydrogen-bond donors (Lipinski definition) is 0. The number of piperidine rings is 1. The number of nitrogens with zero attached hydrogens (tertiary/aromatic N) is 2. The van der Waals surface area contributed by atoms with E-state index in [9.17, 15) is 4.79 Å². The molecular formula is C21H28N2O2. The normalized spacial score (nSPS) is 20.7. The lowest BCUT2D eigenvalue weighted by molar-refractivity contribution is -0.133. The van der Waals surface area contributed by atoms with Crippen molar-refractivity contribution < 1.29 is 9.21 Å². The summed E-state index contributed by atoms with van der Waals surface area (Å²) >= 11 is 0. The number of likely N-dealkylation sites (tertiary alicyclic amines) is 1. The predicted octanol–water partition coefficient (Wildman–Crippen LogP) is 4.40. The molecule has 2 aromatic rings. The third-order valence-corrected chi connectivity index (χ3v) is 5.12. The Balaban J connectivity index is 1.60. The zero-order chi connectivity index (χ0) is 18.0. The van der Waals surface area contributed by atoms with Crippen LogP contribution in [0.5, 0.6) is 0 Å². The average Bonchev–Trinajstić information content (AvgIpc) is 3.03. The van der Waals surface area contributed by atoms with Crippen LogP contribution in [-0.4, -0.2) is 28.9 Å². The summed E-state index contributed by atoms with van der Waals surface area (Å²) in [6.07, 6.45) is 3.99. The van der Waals surface area contributed by atoms with Crippen molar-refractivity contribution in [2.45, 2.75) is 47.0 Å². The molecular weight excluding hydrogens is 312 g/mol. The summed E-state index contributed by atoms with van der Waals surface area (Å²) in [6.45, 7) is 10.4. The maximum Gasteiger partial charge on any atom is 0.223 e. The van der Waals surface area contributed by atoms with Crippen LogP contribution in [0.3, 0.4) is 0 Å². The summed E-state index contributed by atoms with van der Waals surface area (Å²) in [7, 11) is 0. The van der Waals surface area contributed by atoms with Gasteiger partial charge in [0.25, 0.3) is 0 Å². The highest BCUT2D eigenvalue weighted by molar-refractivity contribution is 5.76. The van der Waals surface area contributed by atoms with Gasteiger partial charge in [-0.3, -0.25) is 4.79 Å². The van der Waals surface area contributed by atoms with E-state index in [1.165, 1.54) is 17.5 Å². The molecule has 25 heavy (non-hydrogen) atoms. The molecule has 2 heterocycles. The molecule has 1 fully saturated rings. The van der Waals surface area contributed by atoms with E-state index >= 15 is 0 Å². The van der Waals surface area contributed by atoms with E-state index in [0.29, 0.717) is 30.6 Å². The first-order chi connectivity index (χ1) is 11.9. The van der Waals surface area contributed by atoms with Crippen LogP contribution in [0.2, 0.25) is 0 Å². The van der Waals surface area contributed by atoms with Gasteiger partial charge in [0.2, 0.25) is 5.91 Å². The standard InChI is InChI=1S/C21H28N2O2/c1-14-9-15(2)13-23(12-14)21(24)8-7-20-22-11-19(25-20)18-6-5-16(3)17(4)10-18/h5-6,10-11,14-15H,7-9,12-13H2,1-4H3/t14-,15-/m0/s1. The van der Waals surface area contributed by atoms with Crippen LogP contribution in [0.15, 0.2) is 28.8 Å². The maximum absolute atomic E-state index is 12.5. The number of oxazole rings is 1. The second-order valence-corrected chi connectivity index (χ2v) is 7.66. The van der Waals surface area contributed by atoms with Crippen molar-refractivity contribution in [3.63, 3.8) is 0 Å². The first kappa shape index (κ1) is 17.7. The fourth-order valence-electron chi connectivity index (χ4n) is 3.69. The van der Waals surface area contributed by atoms with Gasteiger partial charge in [0.15, 0.2) is 11.7 Å². The minimum absolute atomic E-state index is 0.212. The lowest BCUT2D eigenvalue weighted by Gasteiger charge is -2.35. The van der Waals surface area contributed by atoms with Gasteiger partial charge in [-0.2, -0.15) is 0 Å². The fourth-order valence-corrected chi connectivity index (χ4v) is 3.69. The highest BCUT2D eigenvalue weighted by Crippen LogP contribution is 2.24. The first-order valence-electron chi connectivity index (χ1n) is 9.22. The Morgan fingerprint density at radius 2 is 1.92 bits per heavy atom. The quantitative estimate of drug-likeness (QED) is 0.829. The molecule has 0 saturated carbocycles. The van der Waals surface area contributed by atoms with Crippen molar-refractivity contribution in [1.82, 2.24) is 9.88 Å². The SMILES string of the molecule is Cc1ccc(-c2cnc(CCC(=O)N3C[C@@H](C)C[C@H](C)C3)o2)cc1C. The number of rotatable bonds is 4. The molecule has 0 unspecified atom stereocenters. The van der Waals surface area contributed by atoms with Gasteiger partial charge in [0, 0.05) is 31.5 Å². The lowest BCUT2D eigenvalue weighted by Crippen LogP contribution is -2.42. The minimum atomic E-state index is 0.212. The van der Waals surface area contributed by atoms with Crippen LogP contribution >= 0.6 is 0 Å². The van der Waals surface area contributed by atoms with Gasteiger partial charge in [-0.25, -0.2) is 4.98 Å². The van der Waals surface area contributed by atoms with Gasteiger partial charge in [-0.05, 0) is 49.3 Å². The van der Waals surface area contributed by atoms with Crippen molar-refractivity contribution >= 4 is 5.91 Å². The molecule has 1 amide bonds. The Morgan fingerprint density at radius 1 is 1.20 bits per heavy atom. The fraction of sp³-hybridized carbons (Fsp3) is 0.524. The van der Waals surface area contributed by atoms with Crippen molar-refractivity contribution in [1.29, 1.82) is 0 Å². The van der Waals surface area contributed by atoms with E-state index in [4.69, 9.17) is 4.42 Å². The molecule has 1 aliphatic rings. The molecule has 1 aromatic carbocycles. The Labute approximate surface area is 150 Å². The lowest BCUT2D eigenvalue weighted by atomic mass is 9.91. The first-order valence-corrected chi connectivity index (χ1v) is 9.22. The van der Waals surface area contributed by atoms with Gasteiger partial charge < -0.3 is 9.32 Å². The number of hydrogen-bond acceptors (Lipinski definition) is 3. The van der Waals surface area contributed by atoms with Crippen LogP contribution in [0.1, 0.15) is 43.7 Å². The highest BCUT2D eigenvalue weighted by atomic mass is 16.4. The smallest absolute Gasteiger partial charge is 0.223 e. The molecule has 1 aromatic heterocycles. The number of carbonyl (C=O) groups excluding carboxylic acids is 1. The van der Waals surface area contributed by atoms with Gasteiger partial charge in [0.1, 0.15) is 0 Å². The molecule has 0 N–H and O–H groups in total. The van der Waals surface area contributed by atoms with Gasteiger partial charge in [-0.1, -0.05) is 26.0 Å². The largest absolute Gasteiger partial charge is 0.441 e. The summed E-state index contributed by atoms with van der Waals surface area (Å²) in [5.74, 6) is 2.80. The van der Waals surface area contributed by atoms with E-state index in [-0.39, 0.29) is 5.91 Å². The third-order valence-electron chi connectivity index (χ3n) is 5.12. The number of amides is 1. The van der Waals surface area contributed by atoms with Gasteiger partial charge in [-0.15, -0.1) is 0 Å². The Bertz CT molecular complexity index is 740. The third kappa shape index (κ3) is 4.30. The molecule has 0 radical (unpaired) electrons. The number of carbonyl (C=O) groups is 1. The minimum Gasteiger partial charge on any atom is -0.441 e. The zero-order valence-electron chi connectivity index (χ0n) is 15.7. The van der Waals surface area contributed by atoms with Crippen molar-refractivity contribution in [2.24, 2.45) is 11.8 Å². The zero-order valence-corrected chi connectivity index (χ0v) is 15.7. The predicted molar refractivity (Wildman–Crippen MR) is 99.3 cm³/mol. The summed E-state index contributed by atoms with van der Waals surface area (Å²) in [5.41, 5.74) is 3.53. The van der Waals surface area contributed by atoms with E-state index in [1.807, 2.05) is 11.0 Å². The van der Waals surface area contributed by atoms with Crippen molar-refractivity contribution in [3.05, 3.63) is 41.4 Å². The molecule has 0 spiro atoms. The van der Waals surface area contributed by atoms with Crippen LogP contribution in [0, 0.1) is 25.7 Å². The summed E-state index contributed by atoms with van der Waals surface area (Å²) in [4.78, 5) is 18.8. The maximum atomic E-state index is 12.5. The summed E-state index contributed by atoms with van der Waals surface area (Å²) < 4.78 is 5.86. The molecule has 1 aliphatic heterocycles. The van der Waals surface area contributed by atoms with E-state index in [0.717, 1.165) is 24.4 Å². The number of benzene rings is 1. The van der Waals surface area contributed by atoms with Gasteiger partial charge in [0.05, 0.1) is 6.20 Å². The topological polar surface area (TPSA) is 46.3 Å². The molecule has 1 saturated heterocycles. The summed E-state index contributed by atoms with van der Waals surface area (Å²) in [5, 5.41) is 0. The monoisotopic (exact) mass is 340 g/mol. The van der Waals surface area contributed by atoms with Gasteiger partial charge >= 0.3 is 0 Å². The van der Waals surface area contributed by atoms with E-state index < -0.39 is 0 Å². The second-order valence-electron chi connectivity index (χ2n) is 7.66. The van der Waals surface area contributed by atoms with E-state index in [2.05, 4.69) is 44.8 Å². The van der Waals surface area contributed by atoms with Crippen molar-refractivity contribution in [2.75, 3.05) is 13.1 Å². The van der Waals surface area contributed by atoms with E-state index in [1.54, 1.807) is 6.20 Å². The molecule has 3 rings (SSSR count). The molecule has 0 bridgehead atoms. The molecule has 2 atom stereocenters. The molecule has 134 valence electrons. The van der Waals surface area contributed by atoms with Crippen LogP contribution in [0.4, 0.5) is 0 Å². The Hall–Kier alpha value is -2.10. The van der Waals surface area contributed by atoms with Crippen LogP contribution in [-0.2, 0) is 11.2 Å². The Kier molecular flexibility index (Phi) is 5.26. The number of aromatic nitrogens is 1. The average molecular weight is 340 g/mol. The highest BCUT2D eigenvalue weighted by Gasteiger charge is 2.25. The molecule has 4 heteroatoms. The molecule has 0 aliphatic carbocycles. The second kappa shape index (κ2) is 7.42. The summed E-state index contributed by atoms with van der Waals surface area (Å²) in [6, 6.07) is 6.25. The Morgan fingerprint density at radius 3 is 2.60 bits per heavy atom. The molecule has 4 nitrogen and oxygen atoms in total. The van der Waals surface area contributed by atoms with Crippen LogP contribution in [0.25, 0.3) is 11.3 Å². The number of aryl methyl sites for hydroxylation is 3.